The van der Waals surface area contributed by atoms with Crippen molar-refractivity contribution in [2.45, 2.75) is 0 Å². The predicted molar refractivity (Wildman–Crippen MR) is 111 cm³/mol. The van der Waals surface area contributed by atoms with Crippen LogP contribution in [-0.2, 0) is 4.79 Å². The van der Waals surface area contributed by atoms with Gasteiger partial charge in [0.25, 0.3) is 11.8 Å². The monoisotopic (exact) mass is 408 g/mol. The van der Waals surface area contributed by atoms with E-state index in [1.807, 2.05) is 0 Å². The van der Waals surface area contributed by atoms with Crippen LogP contribution in [0.3, 0.4) is 0 Å². The van der Waals surface area contributed by atoms with Crippen molar-refractivity contribution in [3.8, 4) is 5.75 Å². The van der Waals surface area contributed by atoms with E-state index >= 15 is 0 Å². The van der Waals surface area contributed by atoms with E-state index in [2.05, 4.69) is 20.8 Å². The summed E-state index contributed by atoms with van der Waals surface area (Å²) >= 11 is 5.88. The van der Waals surface area contributed by atoms with Crippen LogP contribution in [-0.4, -0.2) is 29.6 Å². The first kappa shape index (κ1) is 20.0. The van der Waals surface area contributed by atoms with Crippen LogP contribution >= 0.6 is 11.6 Å². The predicted octanol–water partition coefficient (Wildman–Crippen LogP) is 3.52. The van der Waals surface area contributed by atoms with Crippen LogP contribution in [0.5, 0.6) is 5.75 Å². The third kappa shape index (κ3) is 6.44. The number of halogens is 1. The molecular formula is C21H17ClN4O3. The summed E-state index contributed by atoms with van der Waals surface area (Å²) in [5.41, 5.74) is 4.21. The number of carbonyl (C=O) groups excluding carboxylic acids is 2. The lowest BCUT2D eigenvalue weighted by Crippen LogP contribution is -2.20. The first-order valence-electron chi connectivity index (χ1n) is 8.62. The van der Waals surface area contributed by atoms with E-state index in [9.17, 15) is 9.59 Å². The number of aromatic nitrogens is 1. The van der Waals surface area contributed by atoms with Crippen LogP contribution in [0.25, 0.3) is 0 Å². The third-order valence-electron chi connectivity index (χ3n) is 3.66. The largest absolute Gasteiger partial charge is 0.484 e. The van der Waals surface area contributed by atoms with Crippen LogP contribution < -0.4 is 15.5 Å². The Hall–Kier alpha value is -3.71. The van der Waals surface area contributed by atoms with Gasteiger partial charge < -0.3 is 10.1 Å². The van der Waals surface area contributed by atoms with Crippen LogP contribution in [0.2, 0.25) is 5.02 Å². The quantitative estimate of drug-likeness (QED) is 0.462. The Kier molecular flexibility index (Phi) is 6.91. The van der Waals surface area contributed by atoms with Crippen LogP contribution in [0.1, 0.15) is 15.9 Å². The van der Waals surface area contributed by atoms with Crippen molar-refractivity contribution in [2.24, 2.45) is 5.10 Å². The molecule has 0 atom stereocenters. The minimum absolute atomic E-state index is 0.138. The number of hydrogen-bond acceptors (Lipinski definition) is 5. The molecule has 3 aromatic rings. The maximum Gasteiger partial charge on any atom is 0.272 e. The zero-order chi connectivity index (χ0) is 20.5. The molecule has 3 rings (SSSR count). The Bertz CT molecular complexity index is 1010. The Labute approximate surface area is 172 Å². The minimum Gasteiger partial charge on any atom is -0.484 e. The van der Waals surface area contributed by atoms with Gasteiger partial charge in [-0.2, -0.15) is 5.10 Å². The number of benzene rings is 2. The molecule has 0 fully saturated rings. The summed E-state index contributed by atoms with van der Waals surface area (Å²) in [6, 6.07) is 17.1. The highest BCUT2D eigenvalue weighted by molar-refractivity contribution is 6.30. The van der Waals surface area contributed by atoms with E-state index in [1.165, 1.54) is 12.4 Å². The molecule has 146 valence electrons. The zero-order valence-electron chi connectivity index (χ0n) is 15.2. The van der Waals surface area contributed by atoms with E-state index in [0.717, 1.165) is 5.56 Å². The van der Waals surface area contributed by atoms with Crippen LogP contribution in [0.15, 0.2) is 78.2 Å². The highest BCUT2D eigenvalue weighted by atomic mass is 35.5. The fraction of sp³-hybridized carbons (Fsp3) is 0.0476. The van der Waals surface area contributed by atoms with Gasteiger partial charge in [0.05, 0.1) is 11.8 Å². The number of nitrogens with one attached hydrogen (secondary N) is 2. The van der Waals surface area contributed by atoms with E-state index < -0.39 is 0 Å². The first-order valence-corrected chi connectivity index (χ1v) is 9.00. The van der Waals surface area contributed by atoms with Crippen molar-refractivity contribution in [2.75, 3.05) is 11.9 Å². The standard InChI is InChI=1S/C21H17ClN4O3/c22-17-4-1-5-18(11-17)25-20(27)14-29-19-8-6-15(7-9-19)12-24-26-21(28)16-3-2-10-23-13-16/h1-13H,14H2,(H,25,27)(H,26,28)/b24-12-. The molecular weight excluding hydrogens is 392 g/mol. The summed E-state index contributed by atoms with van der Waals surface area (Å²) in [6.45, 7) is -0.138. The molecule has 2 aromatic carbocycles. The van der Waals surface area contributed by atoms with Crippen molar-refractivity contribution in [1.29, 1.82) is 0 Å². The highest BCUT2D eigenvalue weighted by Crippen LogP contribution is 2.15. The third-order valence-corrected chi connectivity index (χ3v) is 3.90. The summed E-state index contributed by atoms with van der Waals surface area (Å²) in [5.74, 6) is -0.112. The van der Waals surface area contributed by atoms with Crippen LogP contribution in [0, 0.1) is 0 Å². The van der Waals surface area contributed by atoms with E-state index in [4.69, 9.17) is 16.3 Å². The second-order valence-electron chi connectivity index (χ2n) is 5.86. The zero-order valence-corrected chi connectivity index (χ0v) is 16.0. The maximum atomic E-state index is 11.9. The average Bonchev–Trinajstić information content (AvgIpc) is 2.74. The molecule has 2 N–H and O–H groups in total. The molecule has 0 unspecified atom stereocenters. The van der Waals surface area contributed by atoms with Gasteiger partial charge in [-0.1, -0.05) is 17.7 Å². The molecule has 8 heteroatoms. The number of ether oxygens (including phenoxy) is 1. The maximum absolute atomic E-state index is 11.9. The van der Waals surface area contributed by atoms with Gasteiger partial charge in [-0.25, -0.2) is 5.43 Å². The van der Waals surface area contributed by atoms with Gasteiger partial charge in [-0.3, -0.25) is 14.6 Å². The molecule has 0 saturated heterocycles. The summed E-state index contributed by atoms with van der Waals surface area (Å²) in [5, 5.41) is 7.15. The van der Waals surface area contributed by atoms with Crippen molar-refractivity contribution >= 4 is 35.3 Å². The average molecular weight is 409 g/mol. The van der Waals surface area contributed by atoms with Gasteiger partial charge in [0.2, 0.25) is 0 Å². The van der Waals surface area contributed by atoms with Gasteiger partial charge in [0.15, 0.2) is 6.61 Å². The summed E-state index contributed by atoms with van der Waals surface area (Å²) in [7, 11) is 0. The second kappa shape index (κ2) is 10.0. The van der Waals surface area contributed by atoms with Gasteiger partial charge in [-0.05, 0) is 60.2 Å². The Morgan fingerprint density at radius 1 is 1.10 bits per heavy atom. The minimum atomic E-state index is -0.347. The lowest BCUT2D eigenvalue weighted by Gasteiger charge is -2.08. The van der Waals surface area contributed by atoms with Crippen molar-refractivity contribution in [3.05, 3.63) is 89.2 Å². The van der Waals surface area contributed by atoms with Gasteiger partial charge >= 0.3 is 0 Å². The number of nitrogens with zero attached hydrogens (tertiary/aromatic N) is 2. The molecule has 1 heterocycles. The number of amides is 2. The molecule has 2 amide bonds. The van der Waals surface area contributed by atoms with Crippen molar-refractivity contribution in [1.82, 2.24) is 10.4 Å². The molecule has 0 aliphatic carbocycles. The summed E-state index contributed by atoms with van der Waals surface area (Å²) < 4.78 is 5.46. The molecule has 7 nitrogen and oxygen atoms in total. The molecule has 0 spiro atoms. The van der Waals surface area contributed by atoms with E-state index in [0.29, 0.717) is 22.0 Å². The molecule has 0 radical (unpaired) electrons. The highest BCUT2D eigenvalue weighted by Gasteiger charge is 2.05. The van der Waals surface area contributed by atoms with Crippen LogP contribution in [0.4, 0.5) is 5.69 Å². The lowest BCUT2D eigenvalue weighted by atomic mass is 10.2. The summed E-state index contributed by atoms with van der Waals surface area (Å²) in [6.07, 6.45) is 4.55. The molecule has 0 aliphatic rings. The Morgan fingerprint density at radius 2 is 1.93 bits per heavy atom. The number of rotatable bonds is 7. The fourth-order valence-corrected chi connectivity index (χ4v) is 2.48. The van der Waals surface area contributed by atoms with Crippen molar-refractivity contribution < 1.29 is 14.3 Å². The fourth-order valence-electron chi connectivity index (χ4n) is 2.29. The topological polar surface area (TPSA) is 92.7 Å². The van der Waals surface area contributed by atoms with Gasteiger partial charge in [0, 0.05) is 23.1 Å². The number of anilines is 1. The number of hydrazone groups is 1. The molecule has 29 heavy (non-hydrogen) atoms. The van der Waals surface area contributed by atoms with E-state index in [-0.39, 0.29) is 18.4 Å². The van der Waals surface area contributed by atoms with E-state index in [1.54, 1.807) is 66.9 Å². The van der Waals surface area contributed by atoms with Gasteiger partial charge in [0.1, 0.15) is 5.75 Å². The molecule has 1 aromatic heterocycles. The smallest absolute Gasteiger partial charge is 0.272 e. The first-order chi connectivity index (χ1) is 14.1. The SMILES string of the molecule is O=C(COc1ccc(/C=N\NC(=O)c2cccnc2)cc1)Nc1cccc(Cl)c1. The number of hydrogen-bond donors (Lipinski definition) is 2. The molecule has 0 aliphatic heterocycles. The lowest BCUT2D eigenvalue weighted by molar-refractivity contribution is -0.118. The Morgan fingerprint density at radius 3 is 2.66 bits per heavy atom. The number of carbonyl (C=O) groups is 2. The molecule has 0 bridgehead atoms. The molecule has 0 saturated carbocycles. The Balaban J connectivity index is 1.46. The normalized spacial score (nSPS) is 10.5. The second-order valence-corrected chi connectivity index (χ2v) is 6.29. The van der Waals surface area contributed by atoms with Crippen molar-refractivity contribution in [3.63, 3.8) is 0 Å². The number of pyridine rings is 1. The van der Waals surface area contributed by atoms with Gasteiger partial charge in [-0.15, -0.1) is 0 Å². The summed E-state index contributed by atoms with van der Waals surface area (Å²) in [4.78, 5) is 27.7.